The Balaban J connectivity index is 0.000000147. The van der Waals surface area contributed by atoms with Crippen LogP contribution in [0.25, 0.3) is 21.5 Å². The van der Waals surface area contributed by atoms with Gasteiger partial charge >= 0.3 is 0 Å². The highest BCUT2D eigenvalue weighted by Gasteiger charge is 2.21. The molecule has 6 rings (SSSR count). The molecule has 0 radical (unpaired) electrons. The molecule has 0 bridgehead atoms. The zero-order chi connectivity index (χ0) is 24.7. The van der Waals surface area contributed by atoms with Gasteiger partial charge in [-0.1, -0.05) is 42.5 Å². The Morgan fingerprint density at radius 1 is 0.657 bits per heavy atom. The molecule has 0 saturated heterocycles. The number of carbonyl (C=O) groups is 2. The van der Waals surface area contributed by atoms with Crippen LogP contribution in [-0.2, 0) is 25.7 Å². The van der Waals surface area contributed by atoms with E-state index < -0.39 is 0 Å². The van der Waals surface area contributed by atoms with E-state index in [1.54, 1.807) is 13.8 Å². The fourth-order valence-electron chi connectivity index (χ4n) is 5.95. The smallest absolute Gasteiger partial charge is 0.160 e. The number of fused-ring (bicyclic) bond motifs is 4. The van der Waals surface area contributed by atoms with Crippen molar-refractivity contribution in [2.75, 3.05) is 19.0 Å². The molecule has 0 spiro atoms. The van der Waals surface area contributed by atoms with Crippen LogP contribution in [0.15, 0.2) is 54.6 Å². The minimum atomic E-state index is 0.196. The summed E-state index contributed by atoms with van der Waals surface area (Å²) < 4.78 is 0. The van der Waals surface area contributed by atoms with Crippen LogP contribution in [0.2, 0.25) is 0 Å². The largest absolute Gasteiger partial charge is 0.378 e. The summed E-state index contributed by atoms with van der Waals surface area (Å²) in [7, 11) is 4.08. The number of nitrogens with zero attached hydrogens (tertiary/aromatic N) is 1. The standard InChI is InChI=1S/C17H19NO.C15H14O/c1-11(19)17-15-6-4-5-12(15)9-13-10-14(18(2)3)7-8-16(13)17;1-10(16)15-13-7-3-2-5-11(13)9-12-6-4-8-14(12)15/h7-10H,4-6H2,1-3H3;2-3,5,7,9H,4,6,8H2,1H3. The fraction of sp³-hybridized carbons (Fsp3) is 0.312. The molecule has 3 heteroatoms. The van der Waals surface area contributed by atoms with Gasteiger partial charge in [-0.15, -0.1) is 0 Å². The molecule has 35 heavy (non-hydrogen) atoms. The Morgan fingerprint density at radius 3 is 1.77 bits per heavy atom. The lowest BCUT2D eigenvalue weighted by atomic mass is 9.93. The van der Waals surface area contributed by atoms with Crippen molar-refractivity contribution in [2.24, 2.45) is 0 Å². The first-order valence-electron chi connectivity index (χ1n) is 12.7. The SMILES string of the molecule is CC(=O)c1c2c(cc3cc(N(C)C)ccc13)CCC2.CC(=O)c1c2c(cc3ccccc13)CCC2. The predicted molar refractivity (Wildman–Crippen MR) is 146 cm³/mol. The lowest BCUT2D eigenvalue weighted by Crippen LogP contribution is -2.08. The van der Waals surface area contributed by atoms with Gasteiger partial charge in [-0.05, 0) is 108 Å². The van der Waals surface area contributed by atoms with E-state index in [9.17, 15) is 9.59 Å². The van der Waals surface area contributed by atoms with Crippen molar-refractivity contribution in [3.63, 3.8) is 0 Å². The highest BCUT2D eigenvalue weighted by Crippen LogP contribution is 2.34. The molecule has 0 aliphatic heterocycles. The molecule has 2 aliphatic rings. The minimum absolute atomic E-state index is 0.196. The van der Waals surface area contributed by atoms with Gasteiger partial charge in [0.1, 0.15) is 0 Å². The van der Waals surface area contributed by atoms with Gasteiger partial charge in [-0.25, -0.2) is 0 Å². The van der Waals surface area contributed by atoms with E-state index in [4.69, 9.17) is 0 Å². The van der Waals surface area contributed by atoms with E-state index >= 15 is 0 Å². The summed E-state index contributed by atoms with van der Waals surface area (Å²) >= 11 is 0. The monoisotopic (exact) mass is 463 g/mol. The molecule has 0 unspecified atom stereocenters. The third-order valence-corrected chi connectivity index (χ3v) is 7.54. The normalized spacial score (nSPS) is 13.8. The van der Waals surface area contributed by atoms with E-state index in [1.165, 1.54) is 51.6 Å². The van der Waals surface area contributed by atoms with Crippen molar-refractivity contribution < 1.29 is 9.59 Å². The molecular formula is C32H33NO2. The average molecular weight is 464 g/mol. The molecule has 0 amide bonds. The lowest BCUT2D eigenvalue weighted by Gasteiger charge is -2.16. The number of anilines is 1. The second kappa shape index (κ2) is 9.30. The summed E-state index contributed by atoms with van der Waals surface area (Å²) in [5.74, 6) is 0.399. The first kappa shape index (κ1) is 23.3. The van der Waals surface area contributed by atoms with Crippen LogP contribution >= 0.6 is 0 Å². The molecule has 0 fully saturated rings. The van der Waals surface area contributed by atoms with Crippen LogP contribution in [-0.4, -0.2) is 25.7 Å². The van der Waals surface area contributed by atoms with Crippen LogP contribution in [0.1, 0.15) is 69.7 Å². The second-order valence-corrected chi connectivity index (χ2v) is 10.1. The van der Waals surface area contributed by atoms with Gasteiger partial charge in [0.05, 0.1) is 0 Å². The van der Waals surface area contributed by atoms with Gasteiger partial charge < -0.3 is 4.90 Å². The number of hydrogen-bond donors (Lipinski definition) is 0. The van der Waals surface area contributed by atoms with Gasteiger partial charge in [0.2, 0.25) is 0 Å². The highest BCUT2D eigenvalue weighted by molar-refractivity contribution is 6.10. The minimum Gasteiger partial charge on any atom is -0.378 e. The van der Waals surface area contributed by atoms with Crippen molar-refractivity contribution in [3.05, 3.63) is 88.0 Å². The number of aryl methyl sites for hydroxylation is 2. The van der Waals surface area contributed by atoms with Gasteiger partial charge in [0.15, 0.2) is 11.6 Å². The number of hydrogen-bond acceptors (Lipinski definition) is 3. The quantitative estimate of drug-likeness (QED) is 0.303. The molecule has 0 atom stereocenters. The predicted octanol–water partition coefficient (Wildman–Crippen LogP) is 7.13. The van der Waals surface area contributed by atoms with Crippen LogP contribution in [0, 0.1) is 0 Å². The maximum atomic E-state index is 12.0. The Labute approximate surface area is 207 Å². The van der Waals surface area contributed by atoms with E-state index in [0.29, 0.717) is 0 Å². The van der Waals surface area contributed by atoms with Crippen LogP contribution in [0.3, 0.4) is 0 Å². The molecule has 178 valence electrons. The summed E-state index contributed by atoms with van der Waals surface area (Å²) in [4.78, 5) is 25.9. The second-order valence-electron chi connectivity index (χ2n) is 10.1. The molecule has 0 N–H and O–H groups in total. The molecule has 0 aromatic heterocycles. The fourth-order valence-corrected chi connectivity index (χ4v) is 5.95. The maximum absolute atomic E-state index is 12.0. The number of benzene rings is 4. The maximum Gasteiger partial charge on any atom is 0.160 e. The number of carbonyl (C=O) groups excluding carboxylic acids is 2. The van der Waals surface area contributed by atoms with Crippen molar-refractivity contribution in [1.29, 1.82) is 0 Å². The molecule has 0 saturated carbocycles. The Hall–Kier alpha value is -3.46. The average Bonchev–Trinajstić information content (AvgIpc) is 3.49. The van der Waals surface area contributed by atoms with E-state index in [2.05, 4.69) is 47.4 Å². The third-order valence-electron chi connectivity index (χ3n) is 7.54. The van der Waals surface area contributed by atoms with Gasteiger partial charge in [-0.3, -0.25) is 9.59 Å². The number of rotatable bonds is 3. The molecule has 0 heterocycles. The van der Waals surface area contributed by atoms with Gasteiger partial charge in [-0.2, -0.15) is 0 Å². The summed E-state index contributed by atoms with van der Waals surface area (Å²) in [5, 5.41) is 4.62. The van der Waals surface area contributed by atoms with Crippen LogP contribution < -0.4 is 4.90 Å². The molecule has 4 aromatic rings. The topological polar surface area (TPSA) is 37.4 Å². The van der Waals surface area contributed by atoms with E-state index in [-0.39, 0.29) is 11.6 Å². The van der Waals surface area contributed by atoms with Crippen molar-refractivity contribution in [2.45, 2.75) is 52.4 Å². The summed E-state index contributed by atoms with van der Waals surface area (Å²) in [6.45, 7) is 3.37. The zero-order valence-electron chi connectivity index (χ0n) is 21.2. The Morgan fingerprint density at radius 2 is 1.20 bits per heavy atom. The molecule has 4 aromatic carbocycles. The van der Waals surface area contributed by atoms with Crippen LogP contribution in [0.5, 0.6) is 0 Å². The first-order chi connectivity index (χ1) is 16.8. The van der Waals surface area contributed by atoms with Gasteiger partial charge in [0.25, 0.3) is 0 Å². The van der Waals surface area contributed by atoms with E-state index in [1.807, 2.05) is 26.2 Å². The van der Waals surface area contributed by atoms with Crippen LogP contribution in [0.4, 0.5) is 5.69 Å². The highest BCUT2D eigenvalue weighted by atomic mass is 16.1. The van der Waals surface area contributed by atoms with Gasteiger partial charge in [0, 0.05) is 30.9 Å². The molecule has 2 aliphatic carbocycles. The third kappa shape index (κ3) is 4.25. The van der Waals surface area contributed by atoms with Crippen molar-refractivity contribution in [1.82, 2.24) is 0 Å². The Bertz CT molecular complexity index is 1480. The van der Waals surface area contributed by atoms with Crippen molar-refractivity contribution in [3.8, 4) is 0 Å². The number of ketones is 2. The first-order valence-corrected chi connectivity index (χ1v) is 12.7. The summed E-state index contributed by atoms with van der Waals surface area (Å²) in [6, 6.07) is 19.1. The van der Waals surface area contributed by atoms with E-state index in [0.717, 1.165) is 47.6 Å². The summed E-state index contributed by atoms with van der Waals surface area (Å²) in [6.07, 6.45) is 6.71. The number of Topliss-reactive ketones (excluding diaryl/α,β-unsaturated/α-hetero) is 2. The molecular weight excluding hydrogens is 430 g/mol. The van der Waals surface area contributed by atoms with Crippen molar-refractivity contribution >= 4 is 38.8 Å². The summed E-state index contributed by atoms with van der Waals surface area (Å²) in [5.41, 5.74) is 8.43. The Kier molecular flexibility index (Phi) is 6.19. The zero-order valence-corrected chi connectivity index (χ0v) is 21.2. The molecule has 3 nitrogen and oxygen atoms in total. The lowest BCUT2D eigenvalue weighted by molar-refractivity contribution is 0.101.